The third kappa shape index (κ3) is 3.25. The number of carbonyl (C=O) groups is 2. The highest BCUT2D eigenvalue weighted by molar-refractivity contribution is 6.66. The average Bonchev–Trinajstić information content (AvgIpc) is 2.35. The lowest BCUT2D eigenvalue weighted by Crippen LogP contribution is -2.17. The van der Waals surface area contributed by atoms with E-state index in [0.29, 0.717) is 0 Å². The Morgan fingerprint density at radius 1 is 1.11 bits per heavy atom. The normalized spacial score (nSPS) is 10.9. The molecule has 1 heterocycles. The van der Waals surface area contributed by atoms with Crippen LogP contribution in [0, 0.1) is 0 Å². The number of methoxy groups -OCH3 is 2. The minimum absolute atomic E-state index is 0.0369. The molecule has 0 saturated carbocycles. The molecule has 5 nitrogen and oxygen atoms in total. The molecule has 0 radical (unpaired) electrons. The molecular weight excluding hydrogens is 304 g/mol. The third-order valence-electron chi connectivity index (χ3n) is 1.96. The number of esters is 2. The molecule has 1 rings (SSSR count). The van der Waals surface area contributed by atoms with E-state index < -0.39 is 15.7 Å². The molecule has 98 valence electrons. The molecule has 1 aromatic rings. The van der Waals surface area contributed by atoms with Crippen molar-refractivity contribution in [1.82, 2.24) is 4.98 Å². The van der Waals surface area contributed by atoms with Crippen LogP contribution >= 0.6 is 34.8 Å². The smallest absolute Gasteiger partial charge is 0.356 e. The maximum atomic E-state index is 11.5. The summed E-state index contributed by atoms with van der Waals surface area (Å²) < 4.78 is 7.05. The summed E-state index contributed by atoms with van der Waals surface area (Å²) in [5, 5.41) is 0. The molecule has 0 amide bonds. The van der Waals surface area contributed by atoms with Crippen LogP contribution in [0.15, 0.2) is 12.1 Å². The van der Waals surface area contributed by atoms with Gasteiger partial charge in [-0.05, 0) is 12.1 Å². The van der Waals surface area contributed by atoms with Crippen molar-refractivity contribution >= 4 is 46.7 Å². The molecule has 0 N–H and O–H groups in total. The van der Waals surface area contributed by atoms with Crippen molar-refractivity contribution in [1.29, 1.82) is 0 Å². The van der Waals surface area contributed by atoms with E-state index in [4.69, 9.17) is 34.8 Å². The Hall–Kier alpha value is -1.04. The van der Waals surface area contributed by atoms with Gasteiger partial charge in [0.2, 0.25) is 3.79 Å². The van der Waals surface area contributed by atoms with E-state index in [-0.39, 0.29) is 17.0 Å². The minimum Gasteiger partial charge on any atom is -0.465 e. The summed E-state index contributed by atoms with van der Waals surface area (Å²) >= 11 is 17.1. The lowest BCUT2D eigenvalue weighted by Gasteiger charge is -2.14. The van der Waals surface area contributed by atoms with Crippen LogP contribution in [0.3, 0.4) is 0 Å². The van der Waals surface area contributed by atoms with Crippen molar-refractivity contribution in [3.63, 3.8) is 0 Å². The summed E-state index contributed by atoms with van der Waals surface area (Å²) in [5.41, 5.74) is -0.307. The summed E-state index contributed by atoms with van der Waals surface area (Å²) in [6.07, 6.45) is 0. The van der Waals surface area contributed by atoms with E-state index in [9.17, 15) is 9.59 Å². The zero-order chi connectivity index (χ0) is 13.9. The first-order chi connectivity index (χ1) is 8.31. The summed E-state index contributed by atoms with van der Waals surface area (Å²) in [5.74, 6) is -1.43. The van der Waals surface area contributed by atoms with Crippen molar-refractivity contribution in [2.45, 2.75) is 3.79 Å². The fraction of sp³-hybridized carbons (Fsp3) is 0.300. The fourth-order valence-corrected chi connectivity index (χ4v) is 1.60. The Morgan fingerprint density at radius 2 is 1.67 bits per heavy atom. The van der Waals surface area contributed by atoms with E-state index in [1.54, 1.807) is 0 Å². The molecule has 0 bridgehead atoms. The molecule has 18 heavy (non-hydrogen) atoms. The van der Waals surface area contributed by atoms with Gasteiger partial charge >= 0.3 is 11.9 Å². The molecule has 0 aliphatic rings. The Balaban J connectivity index is 3.39. The van der Waals surface area contributed by atoms with Gasteiger partial charge in [0, 0.05) is 0 Å². The summed E-state index contributed by atoms with van der Waals surface area (Å²) in [7, 11) is 2.37. The van der Waals surface area contributed by atoms with Gasteiger partial charge in [0.05, 0.1) is 19.8 Å². The van der Waals surface area contributed by atoms with Gasteiger partial charge in [-0.2, -0.15) is 0 Å². The highest BCUT2D eigenvalue weighted by Gasteiger charge is 2.32. The fourth-order valence-electron chi connectivity index (χ4n) is 1.17. The van der Waals surface area contributed by atoms with E-state index in [1.807, 2.05) is 0 Å². The largest absolute Gasteiger partial charge is 0.465 e. The predicted molar refractivity (Wildman–Crippen MR) is 66.2 cm³/mol. The number of pyridine rings is 1. The number of ether oxygens (including phenoxy) is 2. The van der Waals surface area contributed by atoms with E-state index in [2.05, 4.69) is 14.5 Å². The van der Waals surface area contributed by atoms with Crippen LogP contribution in [0.25, 0.3) is 0 Å². The first kappa shape index (κ1) is 15.0. The number of hydrogen-bond acceptors (Lipinski definition) is 5. The van der Waals surface area contributed by atoms with Crippen LogP contribution in [0.2, 0.25) is 0 Å². The molecule has 0 unspecified atom stereocenters. The number of halogens is 3. The predicted octanol–water partition coefficient (Wildman–Crippen LogP) is 2.48. The second kappa shape index (κ2) is 5.73. The first-order valence-corrected chi connectivity index (χ1v) is 5.69. The second-order valence-electron chi connectivity index (χ2n) is 3.07. The van der Waals surface area contributed by atoms with Gasteiger partial charge in [0.25, 0.3) is 0 Å². The quantitative estimate of drug-likeness (QED) is 0.620. The van der Waals surface area contributed by atoms with Gasteiger partial charge < -0.3 is 9.47 Å². The molecule has 0 aromatic carbocycles. The molecule has 0 spiro atoms. The Labute approximate surface area is 118 Å². The van der Waals surface area contributed by atoms with Crippen molar-refractivity contribution < 1.29 is 19.1 Å². The van der Waals surface area contributed by atoms with Crippen molar-refractivity contribution in [2.75, 3.05) is 14.2 Å². The Kier molecular flexibility index (Phi) is 4.78. The standard InChI is InChI=1S/C10H8Cl3NO4/c1-17-8(15)5-3-4-6(9(16)18-2)14-7(5)10(11,12)13/h3-4H,1-2H3. The topological polar surface area (TPSA) is 65.5 Å². The number of aromatic nitrogens is 1. The number of rotatable bonds is 2. The van der Waals surface area contributed by atoms with E-state index >= 15 is 0 Å². The maximum absolute atomic E-state index is 11.5. The molecule has 0 aliphatic carbocycles. The van der Waals surface area contributed by atoms with Crippen LogP contribution in [0.4, 0.5) is 0 Å². The zero-order valence-electron chi connectivity index (χ0n) is 9.37. The Morgan fingerprint density at radius 3 is 2.11 bits per heavy atom. The van der Waals surface area contributed by atoms with E-state index in [0.717, 1.165) is 0 Å². The molecule has 1 aromatic heterocycles. The van der Waals surface area contributed by atoms with Crippen LogP contribution in [-0.4, -0.2) is 31.1 Å². The van der Waals surface area contributed by atoms with Crippen molar-refractivity contribution in [3.8, 4) is 0 Å². The maximum Gasteiger partial charge on any atom is 0.356 e. The van der Waals surface area contributed by atoms with Crippen LogP contribution in [0.1, 0.15) is 26.5 Å². The number of alkyl halides is 3. The number of carbonyl (C=O) groups excluding carboxylic acids is 2. The number of nitrogens with zero attached hydrogens (tertiary/aromatic N) is 1. The number of hydrogen-bond donors (Lipinski definition) is 0. The lowest BCUT2D eigenvalue weighted by molar-refractivity contribution is 0.0579. The second-order valence-corrected chi connectivity index (χ2v) is 5.35. The highest BCUT2D eigenvalue weighted by atomic mass is 35.6. The molecule has 0 aliphatic heterocycles. The summed E-state index contributed by atoms with van der Waals surface area (Å²) in [6.45, 7) is 0. The first-order valence-electron chi connectivity index (χ1n) is 4.56. The third-order valence-corrected chi connectivity index (χ3v) is 2.50. The SMILES string of the molecule is COC(=O)c1ccc(C(=O)OC)c(C(Cl)(Cl)Cl)n1. The Bertz CT molecular complexity index is 485. The molecule has 8 heteroatoms. The molecule has 0 atom stereocenters. The summed E-state index contributed by atoms with van der Waals surface area (Å²) in [6, 6.07) is 2.56. The molecular formula is C10H8Cl3NO4. The van der Waals surface area contributed by atoms with Crippen LogP contribution < -0.4 is 0 Å². The van der Waals surface area contributed by atoms with Gasteiger partial charge in [0.15, 0.2) is 0 Å². The van der Waals surface area contributed by atoms with E-state index in [1.165, 1.54) is 26.4 Å². The van der Waals surface area contributed by atoms with Gasteiger partial charge in [-0.1, -0.05) is 34.8 Å². The van der Waals surface area contributed by atoms with Gasteiger partial charge in [0.1, 0.15) is 11.4 Å². The minimum atomic E-state index is -1.96. The van der Waals surface area contributed by atoms with Crippen LogP contribution in [-0.2, 0) is 13.3 Å². The molecule has 0 saturated heterocycles. The molecule has 0 fully saturated rings. The zero-order valence-corrected chi connectivity index (χ0v) is 11.6. The van der Waals surface area contributed by atoms with Gasteiger partial charge in [-0.15, -0.1) is 0 Å². The van der Waals surface area contributed by atoms with Crippen molar-refractivity contribution in [2.24, 2.45) is 0 Å². The lowest BCUT2D eigenvalue weighted by atomic mass is 10.2. The van der Waals surface area contributed by atoms with Gasteiger partial charge in [-0.3, -0.25) is 0 Å². The van der Waals surface area contributed by atoms with Gasteiger partial charge in [-0.25, -0.2) is 14.6 Å². The highest BCUT2D eigenvalue weighted by Crippen LogP contribution is 2.39. The summed E-state index contributed by atoms with van der Waals surface area (Å²) in [4.78, 5) is 26.6. The van der Waals surface area contributed by atoms with Crippen LogP contribution in [0.5, 0.6) is 0 Å². The van der Waals surface area contributed by atoms with Crippen molar-refractivity contribution in [3.05, 3.63) is 29.1 Å². The monoisotopic (exact) mass is 311 g/mol. The average molecular weight is 313 g/mol.